The number of anilines is 2. The van der Waals surface area contributed by atoms with Crippen molar-refractivity contribution < 1.29 is 0 Å². The lowest BCUT2D eigenvalue weighted by Gasteiger charge is -2.34. The molecule has 0 amide bonds. The van der Waals surface area contributed by atoms with E-state index in [0.717, 1.165) is 84.1 Å². The molecule has 0 bridgehead atoms. The summed E-state index contributed by atoms with van der Waals surface area (Å²) in [7, 11) is 2.18. The van der Waals surface area contributed by atoms with Gasteiger partial charge in [-0.2, -0.15) is 0 Å². The van der Waals surface area contributed by atoms with E-state index in [2.05, 4.69) is 106 Å². The van der Waals surface area contributed by atoms with Gasteiger partial charge in [-0.05, 0) is 81.6 Å². The number of fused-ring (bicyclic) bond motifs is 2. The summed E-state index contributed by atoms with van der Waals surface area (Å²) in [5.74, 6) is 1.76. The minimum atomic E-state index is 0.877. The van der Waals surface area contributed by atoms with Gasteiger partial charge in [0.2, 0.25) is 0 Å². The summed E-state index contributed by atoms with van der Waals surface area (Å²) in [6.45, 7) is 10.7. The monoisotopic (exact) mass is 479 g/mol. The fraction of sp³-hybridized carbons (Fsp3) is 0.310. The maximum Gasteiger partial charge on any atom is 0.138 e. The van der Waals surface area contributed by atoms with Gasteiger partial charge in [-0.1, -0.05) is 0 Å². The van der Waals surface area contributed by atoms with Crippen LogP contribution in [0.2, 0.25) is 0 Å². The van der Waals surface area contributed by atoms with Gasteiger partial charge in [-0.3, -0.25) is 0 Å². The van der Waals surface area contributed by atoms with E-state index in [4.69, 9.17) is 9.97 Å². The number of rotatable bonds is 6. The molecule has 7 heteroatoms. The normalized spacial score (nSPS) is 14.7. The van der Waals surface area contributed by atoms with Crippen molar-refractivity contribution in [1.29, 1.82) is 0 Å². The minimum Gasteiger partial charge on any atom is -0.372 e. The van der Waals surface area contributed by atoms with E-state index in [1.165, 1.54) is 11.4 Å². The molecule has 1 saturated heterocycles. The summed E-state index contributed by atoms with van der Waals surface area (Å²) in [5.41, 5.74) is 8.65. The van der Waals surface area contributed by atoms with Gasteiger partial charge in [0.1, 0.15) is 11.6 Å². The lowest BCUT2D eigenvalue weighted by molar-refractivity contribution is 0.313. The molecule has 7 nitrogen and oxygen atoms in total. The zero-order valence-electron chi connectivity index (χ0n) is 21.3. The van der Waals surface area contributed by atoms with Crippen LogP contribution in [-0.4, -0.2) is 71.2 Å². The molecule has 3 heterocycles. The van der Waals surface area contributed by atoms with Crippen LogP contribution in [0.1, 0.15) is 13.8 Å². The fourth-order valence-electron chi connectivity index (χ4n) is 5.11. The van der Waals surface area contributed by atoms with Crippen LogP contribution in [0.4, 0.5) is 11.4 Å². The van der Waals surface area contributed by atoms with Crippen LogP contribution in [0, 0.1) is 0 Å². The Labute approximate surface area is 211 Å². The summed E-state index contributed by atoms with van der Waals surface area (Å²) in [6.07, 6.45) is 0. The molecule has 0 radical (unpaired) electrons. The van der Waals surface area contributed by atoms with Crippen molar-refractivity contribution in [2.24, 2.45) is 0 Å². The molecule has 2 aromatic heterocycles. The van der Waals surface area contributed by atoms with E-state index in [-0.39, 0.29) is 0 Å². The first-order valence-electron chi connectivity index (χ1n) is 12.9. The number of aromatic nitrogens is 4. The van der Waals surface area contributed by atoms with Gasteiger partial charge in [-0.25, -0.2) is 9.97 Å². The maximum atomic E-state index is 4.87. The molecule has 2 N–H and O–H groups in total. The van der Waals surface area contributed by atoms with Crippen molar-refractivity contribution in [1.82, 2.24) is 24.8 Å². The number of nitrogens with one attached hydrogen (secondary N) is 2. The van der Waals surface area contributed by atoms with E-state index in [0.29, 0.717) is 0 Å². The Bertz CT molecular complexity index is 1490. The highest BCUT2D eigenvalue weighted by Crippen LogP contribution is 2.29. The maximum absolute atomic E-state index is 4.87. The van der Waals surface area contributed by atoms with Crippen molar-refractivity contribution in [3.05, 3.63) is 60.7 Å². The quantitative estimate of drug-likeness (QED) is 0.343. The number of imidazole rings is 2. The SMILES string of the molecule is CCN(CC)c1ccc(-c2nc3ccc(-c4nc5ccc(N6CCN(C)CC6)cc5[nH]4)cc3[nH]2)cc1. The first-order valence-corrected chi connectivity index (χ1v) is 12.9. The lowest BCUT2D eigenvalue weighted by atomic mass is 10.2. The first kappa shape index (κ1) is 22.6. The number of benzene rings is 3. The topological polar surface area (TPSA) is 67.1 Å². The Morgan fingerprint density at radius 2 is 1.31 bits per heavy atom. The Kier molecular flexibility index (Phi) is 5.85. The smallest absolute Gasteiger partial charge is 0.138 e. The number of hydrogen-bond acceptors (Lipinski definition) is 5. The molecule has 3 aromatic carbocycles. The third kappa shape index (κ3) is 4.20. The van der Waals surface area contributed by atoms with Crippen LogP contribution in [0.3, 0.4) is 0 Å². The summed E-state index contributed by atoms with van der Waals surface area (Å²) in [6, 6.07) is 21.5. The highest BCUT2D eigenvalue weighted by Gasteiger charge is 2.16. The number of nitrogens with zero attached hydrogens (tertiary/aromatic N) is 5. The molecule has 36 heavy (non-hydrogen) atoms. The van der Waals surface area contributed by atoms with Crippen LogP contribution in [0.25, 0.3) is 44.8 Å². The zero-order valence-corrected chi connectivity index (χ0v) is 21.3. The van der Waals surface area contributed by atoms with Crippen molar-refractivity contribution in [2.45, 2.75) is 13.8 Å². The average Bonchev–Trinajstić information content (AvgIpc) is 3.54. The molecule has 0 aliphatic carbocycles. The first-order chi connectivity index (χ1) is 17.6. The van der Waals surface area contributed by atoms with Crippen LogP contribution in [-0.2, 0) is 0 Å². The summed E-state index contributed by atoms with van der Waals surface area (Å²) < 4.78 is 0. The molecule has 0 unspecified atom stereocenters. The summed E-state index contributed by atoms with van der Waals surface area (Å²) >= 11 is 0. The van der Waals surface area contributed by atoms with Crippen molar-refractivity contribution in [3.63, 3.8) is 0 Å². The third-order valence-electron chi connectivity index (χ3n) is 7.36. The molecule has 0 spiro atoms. The number of likely N-dealkylation sites (N-methyl/N-ethyl adjacent to an activating group) is 1. The molecule has 1 fully saturated rings. The summed E-state index contributed by atoms with van der Waals surface area (Å²) in [5, 5.41) is 0. The van der Waals surface area contributed by atoms with Gasteiger partial charge in [0, 0.05) is 61.8 Å². The Morgan fingerprint density at radius 1 is 0.722 bits per heavy atom. The van der Waals surface area contributed by atoms with Gasteiger partial charge in [0.15, 0.2) is 0 Å². The van der Waals surface area contributed by atoms with Crippen molar-refractivity contribution >= 4 is 33.4 Å². The molecule has 1 aliphatic rings. The van der Waals surface area contributed by atoms with Gasteiger partial charge < -0.3 is 24.7 Å². The number of piperazine rings is 1. The Hall–Kier alpha value is -3.84. The van der Waals surface area contributed by atoms with Crippen LogP contribution in [0.5, 0.6) is 0 Å². The van der Waals surface area contributed by atoms with E-state index in [9.17, 15) is 0 Å². The van der Waals surface area contributed by atoms with Gasteiger partial charge in [0.05, 0.1) is 22.1 Å². The van der Waals surface area contributed by atoms with Crippen LogP contribution < -0.4 is 9.80 Å². The van der Waals surface area contributed by atoms with Gasteiger partial charge in [0.25, 0.3) is 0 Å². The minimum absolute atomic E-state index is 0.877. The standard InChI is InChI=1S/C29H33N7/c1-4-35(5-2)22-9-6-20(7-10-22)28-30-24-12-8-21(18-26(24)32-28)29-31-25-13-11-23(19-27(25)33-29)36-16-14-34(3)15-17-36/h6-13,18-19H,4-5,14-17H2,1-3H3,(H,30,32)(H,31,33). The molecule has 0 saturated carbocycles. The predicted molar refractivity (Wildman–Crippen MR) is 150 cm³/mol. The van der Waals surface area contributed by atoms with Crippen LogP contribution in [0.15, 0.2) is 60.7 Å². The van der Waals surface area contributed by atoms with E-state index in [1.807, 2.05) is 0 Å². The Balaban J connectivity index is 1.27. The molecular weight excluding hydrogens is 446 g/mol. The molecule has 0 atom stereocenters. The Morgan fingerprint density at radius 3 is 1.97 bits per heavy atom. The van der Waals surface area contributed by atoms with Crippen LogP contribution >= 0.6 is 0 Å². The van der Waals surface area contributed by atoms with E-state index in [1.54, 1.807) is 0 Å². The zero-order chi connectivity index (χ0) is 24.6. The second kappa shape index (κ2) is 9.32. The number of hydrogen-bond donors (Lipinski definition) is 2. The average molecular weight is 480 g/mol. The van der Waals surface area contributed by atoms with E-state index >= 15 is 0 Å². The van der Waals surface area contributed by atoms with Gasteiger partial charge >= 0.3 is 0 Å². The van der Waals surface area contributed by atoms with Crippen molar-refractivity contribution in [3.8, 4) is 22.8 Å². The molecule has 6 rings (SSSR count). The number of H-pyrrole nitrogens is 2. The third-order valence-corrected chi connectivity index (χ3v) is 7.36. The molecule has 1 aliphatic heterocycles. The fourth-order valence-corrected chi connectivity index (χ4v) is 5.11. The lowest BCUT2D eigenvalue weighted by Crippen LogP contribution is -2.44. The predicted octanol–water partition coefficient (Wildman–Crippen LogP) is 5.37. The largest absolute Gasteiger partial charge is 0.372 e. The highest BCUT2D eigenvalue weighted by molar-refractivity contribution is 5.87. The molecular formula is C29H33N7. The van der Waals surface area contributed by atoms with E-state index < -0.39 is 0 Å². The number of aromatic amines is 2. The molecule has 184 valence electrons. The van der Waals surface area contributed by atoms with Gasteiger partial charge in [-0.15, -0.1) is 0 Å². The molecule has 5 aromatic rings. The highest BCUT2D eigenvalue weighted by atomic mass is 15.2. The second-order valence-electron chi connectivity index (χ2n) is 9.61. The summed E-state index contributed by atoms with van der Waals surface area (Å²) in [4.78, 5) is 23.9. The van der Waals surface area contributed by atoms with Crippen molar-refractivity contribution in [2.75, 3.05) is 56.1 Å². The second-order valence-corrected chi connectivity index (χ2v) is 9.61.